The summed E-state index contributed by atoms with van der Waals surface area (Å²) in [5.41, 5.74) is 0.780. The molecule has 434 valence electrons. The molecule has 1 aromatic rings. The summed E-state index contributed by atoms with van der Waals surface area (Å²) in [4.78, 5) is 116. The summed E-state index contributed by atoms with van der Waals surface area (Å²) >= 11 is 1.56. The third-order valence-corrected chi connectivity index (χ3v) is 18.4. The van der Waals surface area contributed by atoms with E-state index < -0.39 is 66.1 Å². The second-order valence-corrected chi connectivity index (χ2v) is 25.5. The van der Waals surface area contributed by atoms with Gasteiger partial charge in [-0.1, -0.05) is 117 Å². The zero-order valence-electron chi connectivity index (χ0n) is 48.9. The van der Waals surface area contributed by atoms with Crippen molar-refractivity contribution in [3.8, 4) is 11.8 Å². The predicted molar refractivity (Wildman–Crippen MR) is 301 cm³/mol. The van der Waals surface area contributed by atoms with Crippen LogP contribution in [0.2, 0.25) is 0 Å². The Kier molecular flexibility index (Phi) is 23.3. The van der Waals surface area contributed by atoms with E-state index in [1.54, 1.807) is 42.6 Å². The van der Waals surface area contributed by atoms with Gasteiger partial charge in [0.15, 0.2) is 0 Å². The number of methoxy groups -OCH3 is 2. The molecule has 0 bridgehead atoms. The average molecular weight is 1110 g/mol. The van der Waals surface area contributed by atoms with Crippen molar-refractivity contribution in [2.75, 3.05) is 47.2 Å². The molecule has 2 saturated heterocycles. The maximum Gasteiger partial charge on any atom is 0.326 e. The van der Waals surface area contributed by atoms with Crippen LogP contribution in [0.4, 0.5) is 0 Å². The van der Waals surface area contributed by atoms with E-state index >= 15 is 0 Å². The summed E-state index contributed by atoms with van der Waals surface area (Å²) in [5, 5.41) is 15.4. The second-order valence-electron chi connectivity index (χ2n) is 24.2. The molecule has 1 spiro atoms. The minimum atomic E-state index is -1.16. The molecule has 1 aromatic carbocycles. The van der Waals surface area contributed by atoms with Gasteiger partial charge in [-0.3, -0.25) is 38.5 Å². The number of rotatable bonds is 33. The molecule has 3 fully saturated rings. The van der Waals surface area contributed by atoms with E-state index in [9.17, 15) is 43.5 Å². The number of hydrogen-bond donors (Lipinski definition) is 3. The van der Waals surface area contributed by atoms with E-state index in [4.69, 9.17) is 9.47 Å². The number of imide groups is 1. The molecule has 7 amide bonds. The Hall–Kier alpha value is -4.99. The van der Waals surface area contributed by atoms with Crippen molar-refractivity contribution in [2.45, 2.75) is 193 Å². The number of benzene rings is 1. The lowest BCUT2D eigenvalue weighted by atomic mass is 9.81. The lowest BCUT2D eigenvalue weighted by molar-refractivity contribution is -0.149. The Bertz CT molecular complexity index is 2320. The molecule has 1 saturated carbocycles. The number of hydrogen-bond acceptors (Lipinski definition) is 11. The van der Waals surface area contributed by atoms with Crippen LogP contribution in [0.1, 0.15) is 145 Å². The SMILES string of the molecule is CC[C@H](C)[C@@H](C(CC(=O)N1CC2(CC2)C[C@H]1[C@H](OC)[C@@H](C)C(=O)N[C@@H](Cc1ccccc1)C(=O)O)OC)N(C)C(=O)[C@@H](NC(=O)[C@H](C(C)C)N(C)C(=O)CCCCCN1C(=O)CC(SCCCC(C)(C)C2C#C2)C1=O)C(C)C. The highest BCUT2D eigenvalue weighted by atomic mass is 32.2. The summed E-state index contributed by atoms with van der Waals surface area (Å²) < 4.78 is 12.2. The lowest BCUT2D eigenvalue weighted by Crippen LogP contribution is -2.60. The molecule has 0 aromatic heterocycles. The first kappa shape index (κ1) is 63.8. The van der Waals surface area contributed by atoms with Crippen molar-refractivity contribution >= 4 is 59.1 Å². The van der Waals surface area contributed by atoms with Gasteiger partial charge in [0.05, 0.1) is 47.8 Å². The zero-order chi connectivity index (χ0) is 57.8. The summed E-state index contributed by atoms with van der Waals surface area (Å²) in [6, 6.07) is 5.00. The van der Waals surface area contributed by atoms with Gasteiger partial charge in [-0.05, 0) is 84.8 Å². The van der Waals surface area contributed by atoms with E-state index in [0.717, 1.165) is 37.0 Å². The topological polar surface area (TPSA) is 212 Å². The molecule has 10 atom stereocenters. The smallest absolute Gasteiger partial charge is 0.326 e. The van der Waals surface area contributed by atoms with Gasteiger partial charge in [-0.2, -0.15) is 0 Å². The number of unbranched alkanes of at least 4 members (excludes halogenated alkanes) is 2. The maximum atomic E-state index is 14.8. The summed E-state index contributed by atoms with van der Waals surface area (Å²) in [7, 11) is 6.31. The molecule has 4 aliphatic rings. The molecule has 17 nitrogen and oxygen atoms in total. The van der Waals surface area contributed by atoms with Crippen LogP contribution in [0, 0.1) is 52.3 Å². The van der Waals surface area contributed by atoms with Gasteiger partial charge in [0, 0.05) is 60.7 Å². The van der Waals surface area contributed by atoms with E-state index in [1.807, 2.05) is 71.9 Å². The van der Waals surface area contributed by atoms with Gasteiger partial charge in [0.2, 0.25) is 41.4 Å². The Morgan fingerprint density at radius 2 is 1.55 bits per heavy atom. The highest BCUT2D eigenvalue weighted by Crippen LogP contribution is 2.56. The summed E-state index contributed by atoms with van der Waals surface area (Å²) in [6.07, 6.45) is 5.70. The minimum Gasteiger partial charge on any atom is -0.480 e. The van der Waals surface area contributed by atoms with Gasteiger partial charge in [-0.15, -0.1) is 11.8 Å². The van der Waals surface area contributed by atoms with Crippen molar-refractivity contribution in [1.29, 1.82) is 0 Å². The van der Waals surface area contributed by atoms with Gasteiger partial charge in [-0.25, -0.2) is 4.79 Å². The van der Waals surface area contributed by atoms with Crippen molar-refractivity contribution in [1.82, 2.24) is 30.2 Å². The fraction of sp³-hybridized carbons (Fsp3) is 0.733. The molecule has 5 rings (SSSR count). The van der Waals surface area contributed by atoms with Crippen LogP contribution < -0.4 is 10.6 Å². The van der Waals surface area contributed by atoms with Crippen LogP contribution in [-0.4, -0.2) is 167 Å². The first-order valence-corrected chi connectivity index (χ1v) is 29.6. The average Bonchev–Trinajstić information content (AvgIpc) is 4.41. The van der Waals surface area contributed by atoms with E-state index in [-0.39, 0.29) is 89.1 Å². The van der Waals surface area contributed by atoms with E-state index in [0.29, 0.717) is 51.1 Å². The third-order valence-electron chi connectivity index (χ3n) is 17.1. The standard InChI is InChI=1S/C60H92N6O11S/c1-14-39(6)52(45(76-12)33-48(68)66-36-60(28-29-60)35-44(66)53(77-13)40(7)54(70)61-43(58(74)75)32-41-22-17-15-18-23-41)64(11)57(73)50(37(2)3)62-55(71)51(38(4)5)63(10)47(67)24-19-16-20-30-65-49(69)34-46(56(65)72)78-31-21-27-59(8,9)42-25-26-42/h15,17-18,22-23,37-40,42-46,50-53H,14,16,19-21,24,27-36H2,1-13H3,(H,61,70)(H,62,71)(H,74,75)/t39-,40+,43-,44-,45?,46?,50-,51-,52-,53+/m0/s1. The van der Waals surface area contributed by atoms with Crippen LogP contribution >= 0.6 is 11.8 Å². The largest absolute Gasteiger partial charge is 0.480 e. The molecule has 2 aliphatic heterocycles. The monoisotopic (exact) mass is 1100 g/mol. The molecular weight excluding hydrogens is 1010 g/mol. The summed E-state index contributed by atoms with van der Waals surface area (Å²) in [5.74, 6) is 2.63. The number of likely N-dealkylation sites (N-methyl/N-ethyl adjacent to an activating group) is 2. The normalized spacial score (nSPS) is 20.8. The van der Waals surface area contributed by atoms with Crippen LogP contribution in [0.3, 0.4) is 0 Å². The fourth-order valence-electron chi connectivity index (χ4n) is 11.7. The number of likely N-dealkylation sites (tertiary alicyclic amines) is 2. The van der Waals surface area contributed by atoms with Crippen molar-refractivity contribution < 1.29 is 52.9 Å². The number of nitrogens with zero attached hydrogens (tertiary/aromatic N) is 4. The van der Waals surface area contributed by atoms with Crippen molar-refractivity contribution in [3.05, 3.63) is 35.9 Å². The predicted octanol–water partition coefficient (Wildman–Crippen LogP) is 6.59. The van der Waals surface area contributed by atoms with E-state index in [1.165, 1.54) is 24.0 Å². The molecular formula is C60H92N6O11S. The van der Waals surface area contributed by atoms with E-state index in [2.05, 4.69) is 36.3 Å². The quantitative estimate of drug-likeness (QED) is 0.0387. The highest BCUT2D eigenvalue weighted by Gasteiger charge is 2.56. The van der Waals surface area contributed by atoms with Gasteiger partial charge in [0.1, 0.15) is 18.1 Å². The Morgan fingerprint density at radius 1 is 0.885 bits per heavy atom. The number of carboxylic acid groups (broad SMARTS) is 1. The van der Waals surface area contributed by atoms with Crippen molar-refractivity contribution in [2.24, 2.45) is 40.4 Å². The highest BCUT2D eigenvalue weighted by molar-refractivity contribution is 8.00. The lowest BCUT2D eigenvalue weighted by Gasteiger charge is -2.41. The number of carbonyl (C=O) groups is 8. The number of amides is 7. The Labute approximate surface area is 469 Å². The van der Waals surface area contributed by atoms with Gasteiger partial charge >= 0.3 is 5.97 Å². The molecule has 3 N–H and O–H groups in total. The number of carboxylic acids is 1. The first-order valence-electron chi connectivity index (χ1n) is 28.5. The molecule has 0 radical (unpaired) electrons. The molecule has 2 unspecified atom stereocenters. The first-order chi connectivity index (χ1) is 36.8. The van der Waals surface area contributed by atoms with Crippen LogP contribution in [0.15, 0.2) is 30.3 Å². The molecule has 2 aliphatic carbocycles. The molecule has 18 heteroatoms. The molecule has 2 heterocycles. The number of nitrogens with one attached hydrogen (secondary N) is 2. The Balaban J connectivity index is 1.17. The minimum absolute atomic E-state index is 0.0733. The zero-order valence-corrected chi connectivity index (χ0v) is 49.7. The van der Waals surface area contributed by atoms with Gasteiger partial charge < -0.3 is 39.9 Å². The van der Waals surface area contributed by atoms with Gasteiger partial charge in [0.25, 0.3) is 0 Å². The Morgan fingerprint density at radius 3 is 2.12 bits per heavy atom. The van der Waals surface area contributed by atoms with Crippen LogP contribution in [-0.2, 0) is 54.3 Å². The second kappa shape index (κ2) is 28.4. The maximum absolute atomic E-state index is 14.8. The number of ether oxygens (including phenoxy) is 2. The summed E-state index contributed by atoms with van der Waals surface area (Å²) in [6.45, 7) is 18.3. The fourth-order valence-corrected chi connectivity index (χ4v) is 12.8. The number of carbonyl (C=O) groups excluding carboxylic acids is 7. The number of thioether (sulfide) groups is 1. The van der Waals surface area contributed by atoms with Crippen LogP contribution in [0.25, 0.3) is 0 Å². The molecule has 78 heavy (non-hydrogen) atoms. The van der Waals surface area contributed by atoms with Crippen molar-refractivity contribution in [3.63, 3.8) is 0 Å². The number of aliphatic carboxylic acids is 1. The third kappa shape index (κ3) is 16.6. The van der Waals surface area contributed by atoms with Crippen LogP contribution in [0.5, 0.6) is 0 Å².